The van der Waals surface area contributed by atoms with Gasteiger partial charge in [0.05, 0.1) is 18.9 Å². The molecule has 1 aromatic rings. The molecule has 1 saturated heterocycles. The molecule has 0 aliphatic carbocycles. The molecule has 2 rings (SSSR count). The lowest BCUT2D eigenvalue weighted by Crippen LogP contribution is -2.36. The number of hydrogen-bond acceptors (Lipinski definition) is 4. The van der Waals surface area contributed by atoms with E-state index in [1.54, 1.807) is 18.0 Å². The fraction of sp³-hybridized carbons (Fsp3) is 0.429. The van der Waals surface area contributed by atoms with E-state index in [-0.39, 0.29) is 0 Å². The van der Waals surface area contributed by atoms with Crippen LogP contribution in [0.25, 0.3) is 0 Å². The molecule has 0 radical (unpaired) electrons. The summed E-state index contributed by atoms with van der Waals surface area (Å²) in [6.45, 7) is 9.47. The predicted molar refractivity (Wildman–Crippen MR) is 79.8 cm³/mol. The number of hydrogen-bond donors (Lipinski definition) is 1. The lowest BCUT2D eigenvalue weighted by atomic mass is 10.1. The van der Waals surface area contributed by atoms with Crippen LogP contribution >= 0.6 is 11.8 Å². The maximum absolute atomic E-state index is 5.41. The van der Waals surface area contributed by atoms with E-state index in [9.17, 15) is 0 Å². The SMILES string of the molecule is C=CNc1cc(C)c(N2CCOCC2)cc1SC. The topological polar surface area (TPSA) is 24.5 Å². The molecular weight excluding hydrogens is 244 g/mol. The van der Waals surface area contributed by atoms with Gasteiger partial charge in [0.2, 0.25) is 0 Å². The number of morpholine rings is 1. The van der Waals surface area contributed by atoms with Crippen LogP contribution in [-0.4, -0.2) is 32.6 Å². The molecule has 1 fully saturated rings. The molecule has 1 aliphatic heterocycles. The summed E-state index contributed by atoms with van der Waals surface area (Å²) in [4.78, 5) is 3.65. The Bertz CT molecular complexity index is 428. The molecule has 1 aliphatic rings. The summed E-state index contributed by atoms with van der Waals surface area (Å²) in [5.74, 6) is 0. The number of nitrogens with zero attached hydrogens (tertiary/aromatic N) is 1. The van der Waals surface area contributed by atoms with Gasteiger partial charge in [0.15, 0.2) is 0 Å². The maximum atomic E-state index is 5.41. The fourth-order valence-corrected chi connectivity index (χ4v) is 2.78. The Kier molecular flexibility index (Phi) is 4.55. The van der Waals surface area contributed by atoms with Crippen LogP contribution in [-0.2, 0) is 4.74 Å². The van der Waals surface area contributed by atoms with Crippen molar-refractivity contribution in [3.8, 4) is 0 Å². The van der Waals surface area contributed by atoms with Gasteiger partial charge in [0, 0.05) is 23.7 Å². The Morgan fingerprint density at radius 1 is 1.39 bits per heavy atom. The molecule has 0 unspecified atom stereocenters. The van der Waals surface area contributed by atoms with Crippen molar-refractivity contribution in [1.82, 2.24) is 0 Å². The minimum atomic E-state index is 0.820. The normalized spacial score (nSPS) is 15.6. The maximum Gasteiger partial charge on any atom is 0.0642 e. The molecule has 18 heavy (non-hydrogen) atoms. The van der Waals surface area contributed by atoms with Gasteiger partial charge < -0.3 is 15.0 Å². The second-order valence-electron chi connectivity index (χ2n) is 4.29. The van der Waals surface area contributed by atoms with Gasteiger partial charge in [0.1, 0.15) is 0 Å². The van der Waals surface area contributed by atoms with Crippen LogP contribution in [0.3, 0.4) is 0 Å². The van der Waals surface area contributed by atoms with Crippen LogP contribution in [0.15, 0.2) is 29.8 Å². The summed E-state index contributed by atoms with van der Waals surface area (Å²) < 4.78 is 5.41. The molecule has 1 N–H and O–H groups in total. The average molecular weight is 264 g/mol. The molecule has 0 bridgehead atoms. The summed E-state index contributed by atoms with van der Waals surface area (Å²) >= 11 is 1.75. The highest BCUT2D eigenvalue weighted by molar-refractivity contribution is 7.98. The summed E-state index contributed by atoms with van der Waals surface area (Å²) in [6.07, 6.45) is 3.82. The number of thioether (sulfide) groups is 1. The minimum Gasteiger partial charge on any atom is -0.378 e. The Labute approximate surface area is 113 Å². The van der Waals surface area contributed by atoms with Crippen molar-refractivity contribution in [2.75, 3.05) is 42.8 Å². The molecular formula is C14H20N2OS. The van der Waals surface area contributed by atoms with E-state index in [0.29, 0.717) is 0 Å². The third kappa shape index (κ3) is 2.82. The van der Waals surface area contributed by atoms with Gasteiger partial charge in [-0.3, -0.25) is 0 Å². The van der Waals surface area contributed by atoms with Crippen molar-refractivity contribution >= 4 is 23.1 Å². The Morgan fingerprint density at radius 2 is 2.11 bits per heavy atom. The first-order valence-corrected chi connectivity index (χ1v) is 7.37. The lowest BCUT2D eigenvalue weighted by molar-refractivity contribution is 0.122. The van der Waals surface area contributed by atoms with Gasteiger partial charge in [-0.05, 0) is 37.1 Å². The quantitative estimate of drug-likeness (QED) is 0.845. The Balaban J connectivity index is 2.32. The molecule has 1 aromatic carbocycles. The average Bonchev–Trinajstić information content (AvgIpc) is 2.40. The van der Waals surface area contributed by atoms with Crippen LogP contribution in [0.1, 0.15) is 5.56 Å². The second-order valence-corrected chi connectivity index (χ2v) is 5.13. The van der Waals surface area contributed by atoms with Gasteiger partial charge in [-0.2, -0.15) is 0 Å². The zero-order valence-corrected chi connectivity index (χ0v) is 11.8. The van der Waals surface area contributed by atoms with E-state index >= 15 is 0 Å². The zero-order chi connectivity index (χ0) is 13.0. The highest BCUT2D eigenvalue weighted by atomic mass is 32.2. The van der Waals surface area contributed by atoms with Crippen LogP contribution in [0, 0.1) is 6.92 Å². The standard InChI is InChI=1S/C14H20N2OS/c1-4-15-12-9-11(2)13(10-14(12)18-3)16-5-7-17-8-6-16/h4,9-10,15H,1,5-8H2,2-3H3. The van der Waals surface area contributed by atoms with Crippen LogP contribution in [0.2, 0.25) is 0 Å². The van der Waals surface area contributed by atoms with Crippen molar-refractivity contribution in [3.63, 3.8) is 0 Å². The third-order valence-corrected chi connectivity index (χ3v) is 3.90. The van der Waals surface area contributed by atoms with Gasteiger partial charge in [-0.25, -0.2) is 0 Å². The summed E-state index contributed by atoms with van der Waals surface area (Å²) in [5.41, 5.74) is 3.74. The number of nitrogens with one attached hydrogen (secondary N) is 1. The van der Waals surface area contributed by atoms with E-state index in [2.05, 4.69) is 42.1 Å². The number of anilines is 2. The zero-order valence-electron chi connectivity index (χ0n) is 11.0. The molecule has 98 valence electrons. The van der Waals surface area contributed by atoms with Gasteiger partial charge in [-0.1, -0.05) is 6.58 Å². The number of rotatable bonds is 4. The molecule has 0 amide bonds. The Morgan fingerprint density at radius 3 is 2.72 bits per heavy atom. The molecule has 0 aromatic heterocycles. The van der Waals surface area contributed by atoms with Crippen molar-refractivity contribution in [3.05, 3.63) is 30.5 Å². The molecule has 0 spiro atoms. The van der Waals surface area contributed by atoms with Crippen LogP contribution in [0.5, 0.6) is 0 Å². The summed E-state index contributed by atoms with van der Waals surface area (Å²) in [5, 5.41) is 3.20. The van der Waals surface area contributed by atoms with Crippen molar-refractivity contribution < 1.29 is 4.74 Å². The van der Waals surface area contributed by atoms with Gasteiger partial charge in [-0.15, -0.1) is 11.8 Å². The third-order valence-electron chi connectivity index (χ3n) is 3.13. The summed E-state index contributed by atoms with van der Waals surface area (Å²) in [6, 6.07) is 4.45. The minimum absolute atomic E-state index is 0.820. The first-order valence-electron chi connectivity index (χ1n) is 6.15. The van der Waals surface area contributed by atoms with E-state index in [0.717, 1.165) is 32.0 Å². The number of ether oxygens (including phenoxy) is 1. The first-order chi connectivity index (χ1) is 8.76. The van der Waals surface area contributed by atoms with Crippen LogP contribution < -0.4 is 10.2 Å². The van der Waals surface area contributed by atoms with E-state index in [1.165, 1.54) is 16.1 Å². The largest absolute Gasteiger partial charge is 0.378 e. The fourth-order valence-electron chi connectivity index (χ4n) is 2.21. The van der Waals surface area contributed by atoms with Gasteiger partial charge >= 0.3 is 0 Å². The summed E-state index contributed by atoms with van der Waals surface area (Å²) in [7, 11) is 0. The van der Waals surface area contributed by atoms with Crippen molar-refractivity contribution in [1.29, 1.82) is 0 Å². The molecule has 0 atom stereocenters. The monoisotopic (exact) mass is 264 g/mol. The second kappa shape index (κ2) is 6.16. The molecule has 4 heteroatoms. The molecule has 3 nitrogen and oxygen atoms in total. The highest BCUT2D eigenvalue weighted by Crippen LogP contribution is 2.33. The number of aryl methyl sites for hydroxylation is 1. The predicted octanol–water partition coefficient (Wildman–Crippen LogP) is 3.11. The molecule has 0 saturated carbocycles. The highest BCUT2D eigenvalue weighted by Gasteiger charge is 2.15. The van der Waals surface area contributed by atoms with Gasteiger partial charge in [0.25, 0.3) is 0 Å². The van der Waals surface area contributed by atoms with E-state index in [1.807, 2.05) is 0 Å². The van der Waals surface area contributed by atoms with E-state index in [4.69, 9.17) is 4.74 Å². The number of benzene rings is 1. The van der Waals surface area contributed by atoms with E-state index < -0.39 is 0 Å². The van der Waals surface area contributed by atoms with Crippen molar-refractivity contribution in [2.24, 2.45) is 0 Å². The smallest absolute Gasteiger partial charge is 0.0642 e. The van der Waals surface area contributed by atoms with Crippen LogP contribution in [0.4, 0.5) is 11.4 Å². The van der Waals surface area contributed by atoms with Crippen molar-refractivity contribution in [2.45, 2.75) is 11.8 Å². The molecule has 1 heterocycles. The first kappa shape index (κ1) is 13.3. The lowest BCUT2D eigenvalue weighted by Gasteiger charge is -2.31. The Hall–Kier alpha value is -1.13.